The number of ether oxygens (including phenoxy) is 3. The fourth-order valence-electron chi connectivity index (χ4n) is 4.44. The van der Waals surface area contributed by atoms with Crippen LogP contribution in [0, 0.1) is 5.92 Å². The number of likely N-dealkylation sites (tertiary alicyclic amines) is 1. The number of nitrogens with zero attached hydrogens (tertiary/aromatic N) is 1. The first-order chi connectivity index (χ1) is 16.9. The molecule has 1 aliphatic heterocycles. The topological polar surface area (TPSA) is 30.9 Å². The first-order valence-corrected chi connectivity index (χ1v) is 12.5. The van der Waals surface area contributed by atoms with Crippen molar-refractivity contribution in [3.63, 3.8) is 0 Å². The summed E-state index contributed by atoms with van der Waals surface area (Å²) in [5.74, 6) is 0.237. The number of rotatable bonds is 14. The maximum Gasteiger partial charge on any atom is 0.0875 e. The fourth-order valence-corrected chi connectivity index (χ4v) is 4.44. The Morgan fingerprint density at radius 1 is 0.588 bits per heavy atom. The summed E-state index contributed by atoms with van der Waals surface area (Å²) >= 11 is 0. The van der Waals surface area contributed by atoms with Crippen molar-refractivity contribution in [3.05, 3.63) is 108 Å². The largest absolute Gasteiger partial charge is 0.376 e. The minimum absolute atomic E-state index is 0.0414. The maximum atomic E-state index is 6.51. The molecule has 1 aliphatic rings. The molecular weight excluding hydrogens is 422 g/mol. The predicted molar refractivity (Wildman–Crippen MR) is 136 cm³/mol. The van der Waals surface area contributed by atoms with Gasteiger partial charge in [0, 0.05) is 12.5 Å². The lowest BCUT2D eigenvalue weighted by atomic mass is 10.0. The molecule has 0 saturated carbocycles. The van der Waals surface area contributed by atoms with Crippen LogP contribution < -0.4 is 0 Å². The Morgan fingerprint density at radius 3 is 1.59 bits per heavy atom. The molecule has 1 saturated heterocycles. The highest BCUT2D eigenvalue weighted by molar-refractivity contribution is 5.15. The van der Waals surface area contributed by atoms with Gasteiger partial charge in [0.1, 0.15) is 0 Å². The van der Waals surface area contributed by atoms with Crippen molar-refractivity contribution < 1.29 is 14.2 Å². The normalized spacial score (nSPS) is 15.9. The highest BCUT2D eigenvalue weighted by Gasteiger charge is 2.27. The average Bonchev–Trinajstić information content (AvgIpc) is 3.41. The number of benzene rings is 3. The van der Waals surface area contributed by atoms with Gasteiger partial charge in [-0.05, 0) is 42.6 Å². The third-order valence-electron chi connectivity index (χ3n) is 6.36. The molecule has 180 valence electrons. The Kier molecular flexibility index (Phi) is 10.2. The summed E-state index contributed by atoms with van der Waals surface area (Å²) in [5.41, 5.74) is 3.56. The molecule has 4 heteroatoms. The Hall–Kier alpha value is -2.50. The summed E-state index contributed by atoms with van der Waals surface area (Å²) in [6.45, 7) is 6.28. The van der Waals surface area contributed by atoms with Crippen LogP contribution in [-0.2, 0) is 34.0 Å². The van der Waals surface area contributed by atoms with Gasteiger partial charge in [0.05, 0.1) is 39.1 Å². The molecule has 0 N–H and O–H groups in total. The molecular formula is C30H37NO3. The first-order valence-electron chi connectivity index (χ1n) is 12.5. The van der Waals surface area contributed by atoms with Gasteiger partial charge in [0.15, 0.2) is 0 Å². The van der Waals surface area contributed by atoms with Gasteiger partial charge in [-0.15, -0.1) is 0 Å². The van der Waals surface area contributed by atoms with Crippen LogP contribution in [-0.4, -0.2) is 43.9 Å². The molecule has 0 radical (unpaired) electrons. The van der Waals surface area contributed by atoms with Crippen molar-refractivity contribution in [2.75, 3.05) is 32.8 Å². The van der Waals surface area contributed by atoms with Crippen molar-refractivity contribution >= 4 is 0 Å². The van der Waals surface area contributed by atoms with Crippen LogP contribution in [0.2, 0.25) is 0 Å². The lowest BCUT2D eigenvalue weighted by molar-refractivity contribution is -0.0836. The Labute approximate surface area is 204 Å². The average molecular weight is 460 g/mol. The summed E-state index contributed by atoms with van der Waals surface area (Å²) in [6, 6.07) is 31.1. The highest BCUT2D eigenvalue weighted by Crippen LogP contribution is 2.19. The molecule has 4 nitrogen and oxygen atoms in total. The summed E-state index contributed by atoms with van der Waals surface area (Å²) in [7, 11) is 0. The van der Waals surface area contributed by atoms with E-state index in [0.29, 0.717) is 33.0 Å². The Bertz CT molecular complexity index is 914. The zero-order chi connectivity index (χ0) is 23.3. The van der Waals surface area contributed by atoms with Crippen molar-refractivity contribution in [2.45, 2.75) is 38.8 Å². The SMILES string of the molecule is c1ccc(COCC(CN2CCCC2)C(COCc2ccccc2)OCc2ccccc2)cc1. The van der Waals surface area contributed by atoms with Crippen LogP contribution in [0.1, 0.15) is 29.5 Å². The van der Waals surface area contributed by atoms with E-state index >= 15 is 0 Å². The summed E-state index contributed by atoms with van der Waals surface area (Å²) in [4.78, 5) is 2.55. The zero-order valence-electron chi connectivity index (χ0n) is 20.1. The van der Waals surface area contributed by atoms with Gasteiger partial charge in [-0.3, -0.25) is 0 Å². The fraction of sp³-hybridized carbons (Fsp3) is 0.400. The third kappa shape index (κ3) is 8.37. The molecule has 34 heavy (non-hydrogen) atoms. The molecule has 0 aliphatic carbocycles. The second-order valence-electron chi connectivity index (χ2n) is 9.10. The standard InChI is InChI=1S/C30H37NO3/c1-4-12-26(13-5-1)21-32-24-29(20-31-18-10-11-19-31)30(34-23-28-16-8-3-9-17-28)25-33-22-27-14-6-2-7-15-27/h1-9,12-17,29-30H,10-11,18-25H2. The zero-order valence-corrected chi connectivity index (χ0v) is 20.1. The minimum Gasteiger partial charge on any atom is -0.376 e. The second kappa shape index (κ2) is 14.0. The van der Waals surface area contributed by atoms with Gasteiger partial charge in [-0.2, -0.15) is 0 Å². The van der Waals surface area contributed by atoms with E-state index in [9.17, 15) is 0 Å². The molecule has 0 amide bonds. The van der Waals surface area contributed by atoms with Crippen molar-refractivity contribution in [1.82, 2.24) is 4.90 Å². The third-order valence-corrected chi connectivity index (χ3v) is 6.36. The van der Waals surface area contributed by atoms with E-state index in [1.807, 2.05) is 18.2 Å². The number of hydrogen-bond donors (Lipinski definition) is 0. The van der Waals surface area contributed by atoms with E-state index in [1.165, 1.54) is 29.5 Å². The van der Waals surface area contributed by atoms with Crippen molar-refractivity contribution in [1.29, 1.82) is 0 Å². The molecule has 0 bridgehead atoms. The minimum atomic E-state index is -0.0414. The molecule has 0 aromatic heterocycles. The Morgan fingerprint density at radius 2 is 1.06 bits per heavy atom. The molecule has 0 spiro atoms. The second-order valence-corrected chi connectivity index (χ2v) is 9.10. The van der Waals surface area contributed by atoms with E-state index in [1.54, 1.807) is 0 Å². The van der Waals surface area contributed by atoms with Crippen LogP contribution in [0.4, 0.5) is 0 Å². The molecule has 4 rings (SSSR count). The van der Waals surface area contributed by atoms with Gasteiger partial charge in [0.25, 0.3) is 0 Å². The van der Waals surface area contributed by atoms with Crippen LogP contribution in [0.25, 0.3) is 0 Å². The maximum absolute atomic E-state index is 6.51. The molecule has 2 unspecified atom stereocenters. The molecule has 1 fully saturated rings. The van der Waals surface area contributed by atoms with E-state index in [-0.39, 0.29) is 12.0 Å². The highest BCUT2D eigenvalue weighted by atomic mass is 16.5. The van der Waals surface area contributed by atoms with Crippen molar-refractivity contribution in [2.24, 2.45) is 5.92 Å². The van der Waals surface area contributed by atoms with Crippen molar-refractivity contribution in [3.8, 4) is 0 Å². The van der Waals surface area contributed by atoms with E-state index in [4.69, 9.17) is 14.2 Å². The molecule has 2 atom stereocenters. The van der Waals surface area contributed by atoms with E-state index in [0.717, 1.165) is 19.6 Å². The van der Waals surface area contributed by atoms with Gasteiger partial charge < -0.3 is 19.1 Å². The summed E-state index contributed by atoms with van der Waals surface area (Å²) < 4.78 is 18.9. The monoisotopic (exact) mass is 459 g/mol. The Balaban J connectivity index is 1.40. The summed E-state index contributed by atoms with van der Waals surface area (Å²) in [5, 5.41) is 0. The van der Waals surface area contributed by atoms with Gasteiger partial charge in [-0.1, -0.05) is 91.0 Å². The molecule has 1 heterocycles. The van der Waals surface area contributed by atoms with Crippen LogP contribution in [0.5, 0.6) is 0 Å². The van der Waals surface area contributed by atoms with Crippen LogP contribution in [0.3, 0.4) is 0 Å². The molecule has 3 aromatic carbocycles. The number of hydrogen-bond acceptors (Lipinski definition) is 4. The van der Waals surface area contributed by atoms with Gasteiger partial charge >= 0.3 is 0 Å². The first kappa shape index (κ1) is 24.6. The lowest BCUT2D eigenvalue weighted by Crippen LogP contribution is -2.40. The van der Waals surface area contributed by atoms with Gasteiger partial charge in [0.2, 0.25) is 0 Å². The smallest absolute Gasteiger partial charge is 0.0875 e. The molecule has 3 aromatic rings. The summed E-state index contributed by atoms with van der Waals surface area (Å²) in [6.07, 6.45) is 2.51. The predicted octanol–water partition coefficient (Wildman–Crippen LogP) is 5.72. The van der Waals surface area contributed by atoms with E-state index < -0.39 is 0 Å². The lowest BCUT2D eigenvalue weighted by Gasteiger charge is -2.31. The van der Waals surface area contributed by atoms with Crippen LogP contribution in [0.15, 0.2) is 91.0 Å². The quantitative estimate of drug-likeness (QED) is 0.309. The van der Waals surface area contributed by atoms with E-state index in [2.05, 4.69) is 77.7 Å². The van der Waals surface area contributed by atoms with Crippen LogP contribution >= 0.6 is 0 Å². The van der Waals surface area contributed by atoms with Gasteiger partial charge in [-0.25, -0.2) is 0 Å².